The van der Waals surface area contributed by atoms with Crippen molar-refractivity contribution < 1.29 is 0 Å². The van der Waals surface area contributed by atoms with Gasteiger partial charge in [-0.2, -0.15) is 0 Å². The van der Waals surface area contributed by atoms with Crippen LogP contribution in [-0.2, 0) is 0 Å². The lowest BCUT2D eigenvalue weighted by Gasteiger charge is -2.26. The van der Waals surface area contributed by atoms with E-state index < -0.39 is 0 Å². The molecule has 1 heteroatoms. The molecule has 15 heavy (non-hydrogen) atoms. The molecule has 0 aromatic rings. The SMILES string of the molecule is CC(C)CCNC(C)C1CC2C=CC1C2. The topological polar surface area (TPSA) is 12.0 Å². The number of fused-ring (bicyclic) bond motifs is 2. The second-order valence-corrected chi connectivity index (χ2v) is 5.87. The molecule has 0 radical (unpaired) electrons. The number of hydrogen-bond acceptors (Lipinski definition) is 1. The maximum atomic E-state index is 3.71. The highest BCUT2D eigenvalue weighted by Gasteiger charge is 2.38. The Balaban J connectivity index is 1.72. The summed E-state index contributed by atoms with van der Waals surface area (Å²) >= 11 is 0. The third-order valence-electron chi connectivity index (χ3n) is 4.16. The first-order valence-electron chi connectivity index (χ1n) is 6.58. The molecule has 2 rings (SSSR count). The Morgan fingerprint density at radius 2 is 2.00 bits per heavy atom. The van der Waals surface area contributed by atoms with Gasteiger partial charge in [-0.15, -0.1) is 0 Å². The average Bonchev–Trinajstić information content (AvgIpc) is 2.77. The molecule has 1 saturated carbocycles. The molecule has 0 aromatic carbocycles. The first-order chi connectivity index (χ1) is 7.16. The molecule has 0 aromatic heterocycles. The van der Waals surface area contributed by atoms with Crippen molar-refractivity contribution in [2.75, 3.05) is 6.54 Å². The maximum Gasteiger partial charge on any atom is 0.00728 e. The largest absolute Gasteiger partial charge is 0.314 e. The standard InChI is InChI=1S/C14H25N/c1-10(2)6-7-15-11(3)14-9-12-4-5-13(14)8-12/h4-5,10-15H,6-9H2,1-3H3. The Bertz CT molecular complexity index is 231. The van der Waals surface area contributed by atoms with Crippen molar-refractivity contribution >= 4 is 0 Å². The molecule has 2 bridgehead atoms. The van der Waals surface area contributed by atoms with Gasteiger partial charge in [-0.05, 0) is 56.4 Å². The van der Waals surface area contributed by atoms with Crippen LogP contribution < -0.4 is 5.32 Å². The lowest BCUT2D eigenvalue weighted by Crippen LogP contribution is -2.36. The summed E-state index contributed by atoms with van der Waals surface area (Å²) in [5, 5.41) is 3.71. The van der Waals surface area contributed by atoms with Crippen LogP contribution in [0.1, 0.15) is 40.0 Å². The third-order valence-corrected chi connectivity index (χ3v) is 4.16. The highest BCUT2D eigenvalue weighted by Crippen LogP contribution is 2.44. The lowest BCUT2D eigenvalue weighted by molar-refractivity contribution is 0.322. The Kier molecular flexibility index (Phi) is 3.50. The average molecular weight is 207 g/mol. The van der Waals surface area contributed by atoms with Crippen LogP contribution in [0.3, 0.4) is 0 Å². The van der Waals surface area contributed by atoms with Gasteiger partial charge in [0.1, 0.15) is 0 Å². The van der Waals surface area contributed by atoms with Gasteiger partial charge in [0.05, 0.1) is 0 Å². The van der Waals surface area contributed by atoms with Crippen molar-refractivity contribution in [1.29, 1.82) is 0 Å². The molecule has 0 saturated heterocycles. The quantitative estimate of drug-likeness (QED) is 0.683. The van der Waals surface area contributed by atoms with E-state index in [1.165, 1.54) is 25.8 Å². The van der Waals surface area contributed by atoms with Crippen molar-refractivity contribution in [3.8, 4) is 0 Å². The van der Waals surface area contributed by atoms with Crippen molar-refractivity contribution in [2.45, 2.75) is 46.1 Å². The minimum atomic E-state index is 0.712. The van der Waals surface area contributed by atoms with E-state index in [4.69, 9.17) is 0 Å². The van der Waals surface area contributed by atoms with E-state index in [0.29, 0.717) is 6.04 Å². The monoisotopic (exact) mass is 207 g/mol. The highest BCUT2D eigenvalue weighted by molar-refractivity contribution is 5.11. The Morgan fingerprint density at radius 3 is 2.53 bits per heavy atom. The van der Waals surface area contributed by atoms with Crippen LogP contribution in [0.2, 0.25) is 0 Å². The van der Waals surface area contributed by atoms with Gasteiger partial charge in [0.25, 0.3) is 0 Å². The van der Waals surface area contributed by atoms with E-state index in [0.717, 1.165) is 23.7 Å². The molecule has 0 aliphatic heterocycles. The minimum absolute atomic E-state index is 0.712. The van der Waals surface area contributed by atoms with Crippen LogP contribution >= 0.6 is 0 Å². The van der Waals surface area contributed by atoms with Crippen LogP contribution in [0.5, 0.6) is 0 Å². The predicted octanol–water partition coefficient (Wildman–Crippen LogP) is 3.22. The van der Waals surface area contributed by atoms with Crippen LogP contribution in [0, 0.1) is 23.7 Å². The van der Waals surface area contributed by atoms with Crippen LogP contribution in [0.25, 0.3) is 0 Å². The van der Waals surface area contributed by atoms with Crippen molar-refractivity contribution in [1.82, 2.24) is 5.32 Å². The first-order valence-corrected chi connectivity index (χ1v) is 6.58. The Morgan fingerprint density at radius 1 is 1.20 bits per heavy atom. The van der Waals surface area contributed by atoms with Gasteiger partial charge in [-0.25, -0.2) is 0 Å². The number of allylic oxidation sites excluding steroid dienone is 2. The molecular formula is C14H25N. The molecule has 1 nitrogen and oxygen atoms in total. The van der Waals surface area contributed by atoms with Gasteiger partial charge in [-0.3, -0.25) is 0 Å². The van der Waals surface area contributed by atoms with E-state index in [1.807, 2.05) is 0 Å². The second-order valence-electron chi connectivity index (χ2n) is 5.87. The molecular weight excluding hydrogens is 182 g/mol. The minimum Gasteiger partial charge on any atom is -0.314 e. The van der Waals surface area contributed by atoms with Crippen LogP contribution in [0.4, 0.5) is 0 Å². The number of rotatable bonds is 5. The summed E-state index contributed by atoms with van der Waals surface area (Å²) in [6.45, 7) is 8.16. The van der Waals surface area contributed by atoms with E-state index in [1.54, 1.807) is 0 Å². The molecule has 4 atom stereocenters. The summed E-state index contributed by atoms with van der Waals surface area (Å²) in [6.07, 6.45) is 9.06. The number of nitrogens with one attached hydrogen (secondary N) is 1. The molecule has 0 amide bonds. The third kappa shape index (κ3) is 2.63. The van der Waals surface area contributed by atoms with E-state index in [2.05, 4.69) is 38.2 Å². The summed E-state index contributed by atoms with van der Waals surface area (Å²) in [5.74, 6) is 3.53. The molecule has 2 aliphatic rings. The van der Waals surface area contributed by atoms with E-state index in [9.17, 15) is 0 Å². The fourth-order valence-corrected chi connectivity index (χ4v) is 3.15. The Hall–Kier alpha value is -0.300. The van der Waals surface area contributed by atoms with Gasteiger partial charge in [0.2, 0.25) is 0 Å². The summed E-state index contributed by atoms with van der Waals surface area (Å²) in [6, 6.07) is 0.712. The summed E-state index contributed by atoms with van der Waals surface area (Å²) < 4.78 is 0. The highest BCUT2D eigenvalue weighted by atomic mass is 14.9. The number of hydrogen-bond donors (Lipinski definition) is 1. The zero-order valence-corrected chi connectivity index (χ0v) is 10.4. The van der Waals surface area contributed by atoms with Crippen molar-refractivity contribution in [2.24, 2.45) is 23.7 Å². The molecule has 0 heterocycles. The normalized spacial score (nSPS) is 35.3. The van der Waals surface area contributed by atoms with Gasteiger partial charge in [-0.1, -0.05) is 26.0 Å². The van der Waals surface area contributed by atoms with Gasteiger partial charge < -0.3 is 5.32 Å². The first kappa shape index (κ1) is 11.2. The van der Waals surface area contributed by atoms with Gasteiger partial charge in [0, 0.05) is 6.04 Å². The Labute approximate surface area is 94.3 Å². The zero-order valence-electron chi connectivity index (χ0n) is 10.4. The summed E-state index contributed by atoms with van der Waals surface area (Å²) in [4.78, 5) is 0. The molecule has 0 spiro atoms. The maximum absolute atomic E-state index is 3.71. The summed E-state index contributed by atoms with van der Waals surface area (Å²) in [5.41, 5.74) is 0. The van der Waals surface area contributed by atoms with E-state index in [-0.39, 0.29) is 0 Å². The fraction of sp³-hybridized carbons (Fsp3) is 0.857. The zero-order chi connectivity index (χ0) is 10.8. The molecule has 1 N–H and O–H groups in total. The van der Waals surface area contributed by atoms with Crippen molar-refractivity contribution in [3.05, 3.63) is 12.2 Å². The summed E-state index contributed by atoms with van der Waals surface area (Å²) in [7, 11) is 0. The smallest absolute Gasteiger partial charge is 0.00728 e. The molecule has 2 aliphatic carbocycles. The van der Waals surface area contributed by atoms with Gasteiger partial charge in [0.15, 0.2) is 0 Å². The second kappa shape index (κ2) is 4.69. The van der Waals surface area contributed by atoms with Crippen molar-refractivity contribution in [3.63, 3.8) is 0 Å². The van der Waals surface area contributed by atoms with Crippen LogP contribution in [0.15, 0.2) is 12.2 Å². The molecule has 4 unspecified atom stereocenters. The fourth-order valence-electron chi connectivity index (χ4n) is 3.15. The predicted molar refractivity (Wildman–Crippen MR) is 65.8 cm³/mol. The van der Waals surface area contributed by atoms with Crippen LogP contribution in [-0.4, -0.2) is 12.6 Å². The molecule has 1 fully saturated rings. The molecule has 86 valence electrons. The van der Waals surface area contributed by atoms with Gasteiger partial charge >= 0.3 is 0 Å². The van der Waals surface area contributed by atoms with E-state index >= 15 is 0 Å². The lowest BCUT2D eigenvalue weighted by atomic mass is 9.87.